The van der Waals surface area contributed by atoms with Gasteiger partial charge in [0.2, 0.25) is 15.9 Å². The van der Waals surface area contributed by atoms with Crippen molar-refractivity contribution in [3.05, 3.63) is 101 Å². The Morgan fingerprint density at radius 1 is 0.838 bits per heavy atom. The molecule has 7 heteroatoms. The number of benzene rings is 3. The van der Waals surface area contributed by atoms with Crippen molar-refractivity contribution in [2.24, 2.45) is 0 Å². The van der Waals surface area contributed by atoms with Gasteiger partial charge in [-0.3, -0.25) is 14.0 Å². The van der Waals surface area contributed by atoms with Gasteiger partial charge in [0.25, 0.3) is 0 Å². The van der Waals surface area contributed by atoms with E-state index >= 15 is 0 Å². The minimum atomic E-state index is -3.45. The van der Waals surface area contributed by atoms with E-state index in [0.29, 0.717) is 38.2 Å². The average molecular weight is 520 g/mol. The molecule has 0 aliphatic carbocycles. The van der Waals surface area contributed by atoms with E-state index in [0.717, 1.165) is 24.2 Å². The lowest BCUT2D eigenvalue weighted by Crippen LogP contribution is -2.50. The van der Waals surface area contributed by atoms with Crippen LogP contribution < -0.4 is 4.31 Å². The number of anilines is 1. The van der Waals surface area contributed by atoms with Crippen molar-refractivity contribution in [3.8, 4) is 0 Å². The van der Waals surface area contributed by atoms with Crippen LogP contribution in [0.1, 0.15) is 41.1 Å². The Hall–Kier alpha value is -3.16. The molecule has 6 nitrogen and oxygen atoms in total. The molecular weight excluding hydrogens is 482 g/mol. The first-order valence-electron chi connectivity index (χ1n) is 12.9. The van der Waals surface area contributed by atoms with E-state index in [2.05, 4.69) is 53.4 Å². The molecule has 0 atom stereocenters. The fourth-order valence-corrected chi connectivity index (χ4v) is 6.13. The molecule has 3 aromatic rings. The van der Waals surface area contributed by atoms with E-state index in [4.69, 9.17) is 0 Å². The second-order valence-electron chi connectivity index (χ2n) is 9.80. The maximum atomic E-state index is 13.0. The van der Waals surface area contributed by atoms with Gasteiger partial charge in [0.15, 0.2) is 0 Å². The van der Waals surface area contributed by atoms with Crippen molar-refractivity contribution in [1.82, 2.24) is 9.80 Å². The molecule has 1 fully saturated rings. The second kappa shape index (κ2) is 11.9. The van der Waals surface area contributed by atoms with Gasteiger partial charge in [0.05, 0.1) is 18.0 Å². The number of rotatable bonds is 9. The molecular formula is C30H37N3O3S. The number of hydrogen-bond donors (Lipinski definition) is 0. The molecule has 0 bridgehead atoms. The summed E-state index contributed by atoms with van der Waals surface area (Å²) in [6.45, 7) is 7.12. The minimum absolute atomic E-state index is 0.0880. The summed E-state index contributed by atoms with van der Waals surface area (Å²) in [4.78, 5) is 17.4. The number of carbonyl (C=O) groups excluding carboxylic acids is 1. The van der Waals surface area contributed by atoms with Gasteiger partial charge in [-0.25, -0.2) is 8.42 Å². The van der Waals surface area contributed by atoms with Crippen LogP contribution in [0.15, 0.2) is 78.9 Å². The van der Waals surface area contributed by atoms with Crippen LogP contribution in [0.3, 0.4) is 0 Å². The molecule has 37 heavy (non-hydrogen) atoms. The molecule has 0 unspecified atom stereocenters. The maximum absolute atomic E-state index is 13.0. The first kappa shape index (κ1) is 26.9. The van der Waals surface area contributed by atoms with Gasteiger partial charge in [0, 0.05) is 39.1 Å². The molecule has 3 aromatic carbocycles. The fourth-order valence-electron chi connectivity index (χ4n) is 5.12. The highest BCUT2D eigenvalue weighted by Gasteiger charge is 2.28. The van der Waals surface area contributed by atoms with Gasteiger partial charge < -0.3 is 4.90 Å². The van der Waals surface area contributed by atoms with Crippen LogP contribution in [-0.2, 0) is 14.8 Å². The molecule has 0 spiro atoms. The zero-order valence-electron chi connectivity index (χ0n) is 22.0. The second-order valence-corrected chi connectivity index (χ2v) is 11.7. The summed E-state index contributed by atoms with van der Waals surface area (Å²) < 4.78 is 26.5. The van der Waals surface area contributed by atoms with Crippen LogP contribution >= 0.6 is 0 Å². The number of amides is 1. The van der Waals surface area contributed by atoms with Crippen LogP contribution in [0.4, 0.5) is 5.69 Å². The van der Waals surface area contributed by atoms with E-state index in [1.807, 2.05) is 49.1 Å². The smallest absolute Gasteiger partial charge is 0.232 e. The van der Waals surface area contributed by atoms with Gasteiger partial charge in [0.1, 0.15) is 0 Å². The predicted molar refractivity (Wildman–Crippen MR) is 150 cm³/mol. The summed E-state index contributed by atoms with van der Waals surface area (Å²) in [6.07, 6.45) is 2.04. The highest BCUT2D eigenvalue weighted by atomic mass is 32.2. The Morgan fingerprint density at radius 3 is 1.95 bits per heavy atom. The Bertz CT molecular complexity index is 1250. The summed E-state index contributed by atoms with van der Waals surface area (Å²) >= 11 is 0. The molecule has 196 valence electrons. The Labute approximate surface area is 221 Å². The summed E-state index contributed by atoms with van der Waals surface area (Å²) in [5, 5.41) is 0. The average Bonchev–Trinajstić information content (AvgIpc) is 2.90. The first-order chi connectivity index (χ1) is 17.8. The summed E-state index contributed by atoms with van der Waals surface area (Å²) in [7, 11) is -3.45. The van der Waals surface area contributed by atoms with E-state index in [-0.39, 0.29) is 11.9 Å². The number of aryl methyl sites for hydroxylation is 1. The summed E-state index contributed by atoms with van der Waals surface area (Å²) in [6, 6.07) is 26.9. The molecule has 1 amide bonds. The van der Waals surface area contributed by atoms with E-state index < -0.39 is 10.0 Å². The van der Waals surface area contributed by atoms with Gasteiger partial charge in [-0.15, -0.1) is 0 Å². The molecule has 0 radical (unpaired) electrons. The normalized spacial score (nSPS) is 14.6. The molecule has 0 aromatic heterocycles. The van der Waals surface area contributed by atoms with Crippen molar-refractivity contribution < 1.29 is 13.2 Å². The van der Waals surface area contributed by atoms with Crippen molar-refractivity contribution >= 4 is 21.6 Å². The quantitative estimate of drug-likeness (QED) is 0.408. The van der Waals surface area contributed by atoms with E-state index in [1.54, 1.807) is 0 Å². The number of sulfonamides is 1. The van der Waals surface area contributed by atoms with Crippen LogP contribution in [0, 0.1) is 13.8 Å². The predicted octanol–water partition coefficient (Wildman–Crippen LogP) is 4.78. The lowest BCUT2D eigenvalue weighted by atomic mass is 9.96. The Balaban J connectivity index is 1.36. The van der Waals surface area contributed by atoms with Crippen molar-refractivity contribution in [1.29, 1.82) is 0 Å². The van der Waals surface area contributed by atoms with Crippen LogP contribution in [0.25, 0.3) is 0 Å². The SMILES string of the molecule is Cc1cccc(N(CCCC(=O)N2CCN(C(c3ccccc3)c3ccccc3)CC2)S(C)(=O)=O)c1C. The molecule has 1 heterocycles. The number of carbonyl (C=O) groups is 1. The summed E-state index contributed by atoms with van der Waals surface area (Å²) in [5.41, 5.74) is 5.18. The monoisotopic (exact) mass is 519 g/mol. The van der Waals surface area contributed by atoms with Gasteiger partial charge in [-0.2, -0.15) is 0 Å². The Kier molecular flexibility index (Phi) is 8.67. The number of piperazine rings is 1. The fraction of sp³-hybridized carbons (Fsp3) is 0.367. The zero-order valence-corrected chi connectivity index (χ0v) is 22.8. The largest absolute Gasteiger partial charge is 0.340 e. The number of hydrogen-bond acceptors (Lipinski definition) is 4. The van der Waals surface area contributed by atoms with Gasteiger partial charge in [-0.1, -0.05) is 72.8 Å². The third-order valence-electron chi connectivity index (χ3n) is 7.26. The van der Waals surface area contributed by atoms with Crippen LogP contribution in [-0.4, -0.2) is 63.1 Å². The van der Waals surface area contributed by atoms with Crippen molar-refractivity contribution in [2.45, 2.75) is 32.7 Å². The summed E-state index contributed by atoms with van der Waals surface area (Å²) in [5.74, 6) is 0.0880. The highest BCUT2D eigenvalue weighted by Crippen LogP contribution is 2.30. The van der Waals surface area contributed by atoms with Crippen LogP contribution in [0.5, 0.6) is 0 Å². The highest BCUT2D eigenvalue weighted by molar-refractivity contribution is 7.92. The first-order valence-corrected chi connectivity index (χ1v) is 14.8. The third-order valence-corrected chi connectivity index (χ3v) is 8.44. The lowest BCUT2D eigenvalue weighted by molar-refractivity contribution is -0.133. The molecule has 1 aliphatic rings. The van der Waals surface area contributed by atoms with Gasteiger partial charge in [-0.05, 0) is 48.6 Å². The molecule has 1 saturated heterocycles. The minimum Gasteiger partial charge on any atom is -0.340 e. The van der Waals surface area contributed by atoms with E-state index in [1.165, 1.54) is 21.7 Å². The van der Waals surface area contributed by atoms with E-state index in [9.17, 15) is 13.2 Å². The number of nitrogens with zero attached hydrogens (tertiary/aromatic N) is 3. The molecule has 4 rings (SSSR count). The maximum Gasteiger partial charge on any atom is 0.232 e. The van der Waals surface area contributed by atoms with Crippen molar-refractivity contribution in [3.63, 3.8) is 0 Å². The Morgan fingerprint density at radius 2 is 1.41 bits per heavy atom. The molecule has 1 aliphatic heterocycles. The zero-order chi connectivity index (χ0) is 26.4. The van der Waals surface area contributed by atoms with Crippen LogP contribution in [0.2, 0.25) is 0 Å². The molecule has 0 N–H and O–H groups in total. The lowest BCUT2D eigenvalue weighted by Gasteiger charge is -2.40. The molecule has 0 saturated carbocycles. The topological polar surface area (TPSA) is 60.9 Å². The van der Waals surface area contributed by atoms with Crippen molar-refractivity contribution in [2.75, 3.05) is 43.3 Å². The standard InChI is InChI=1S/C30H37N3O3S/c1-24-12-10-17-28(25(24)2)33(37(3,35)36)19-11-18-29(34)31-20-22-32(23-21-31)30(26-13-6-4-7-14-26)27-15-8-5-9-16-27/h4-10,12-17,30H,11,18-23H2,1-3H3. The third kappa shape index (κ3) is 6.59. The van der Waals surface area contributed by atoms with Gasteiger partial charge >= 0.3 is 0 Å².